The minimum atomic E-state index is -0.574. The van der Waals surface area contributed by atoms with Gasteiger partial charge in [0.25, 0.3) is 0 Å². The second kappa shape index (κ2) is 6.00. The lowest BCUT2D eigenvalue weighted by Gasteiger charge is -2.33. The van der Waals surface area contributed by atoms with Crippen molar-refractivity contribution >= 4 is 11.7 Å². The number of carbonyl (C=O) groups is 2. The van der Waals surface area contributed by atoms with Crippen LogP contribution in [0.2, 0.25) is 0 Å². The summed E-state index contributed by atoms with van der Waals surface area (Å²) in [5.74, 6) is -1.31. The number of hydrogen-bond acceptors (Lipinski definition) is 4. The van der Waals surface area contributed by atoms with E-state index in [2.05, 4.69) is 5.32 Å². The van der Waals surface area contributed by atoms with Gasteiger partial charge in [0.15, 0.2) is 5.78 Å². The summed E-state index contributed by atoms with van der Waals surface area (Å²) in [6.07, 6.45) is 0.592. The van der Waals surface area contributed by atoms with Gasteiger partial charge < -0.3 is 10.4 Å². The number of ketones is 1. The van der Waals surface area contributed by atoms with Crippen molar-refractivity contribution < 1.29 is 19.1 Å². The number of halogens is 1. The number of piperazine rings is 1. The van der Waals surface area contributed by atoms with Crippen molar-refractivity contribution in [1.29, 1.82) is 0 Å². The molecule has 1 amide bonds. The molecular weight excluding hydrogens is 263 g/mol. The van der Waals surface area contributed by atoms with Gasteiger partial charge in [0.2, 0.25) is 5.91 Å². The molecule has 0 spiro atoms. The lowest BCUT2D eigenvalue weighted by atomic mass is 10.1. The molecule has 1 aromatic rings. The number of carbonyl (C=O) groups excluding carboxylic acids is 2. The fourth-order valence-electron chi connectivity index (χ4n) is 2.40. The van der Waals surface area contributed by atoms with E-state index in [9.17, 15) is 19.1 Å². The molecule has 108 valence electrons. The average molecular weight is 280 g/mol. The van der Waals surface area contributed by atoms with E-state index in [1.165, 1.54) is 0 Å². The number of nitrogens with zero attached hydrogens (tertiary/aromatic N) is 1. The molecule has 2 N–H and O–H groups in total. The van der Waals surface area contributed by atoms with Gasteiger partial charge in [-0.25, -0.2) is 4.39 Å². The summed E-state index contributed by atoms with van der Waals surface area (Å²) in [5.41, 5.74) is -0.0502. The Morgan fingerprint density at radius 3 is 3.00 bits per heavy atom. The van der Waals surface area contributed by atoms with E-state index in [0.29, 0.717) is 19.5 Å². The number of amides is 1. The molecule has 6 heteroatoms. The van der Waals surface area contributed by atoms with Gasteiger partial charge in [0.05, 0.1) is 18.2 Å². The molecule has 1 aromatic carbocycles. The first-order chi connectivity index (χ1) is 9.52. The van der Waals surface area contributed by atoms with Crippen molar-refractivity contribution in [3.8, 4) is 5.75 Å². The molecule has 5 nitrogen and oxygen atoms in total. The fourth-order valence-corrected chi connectivity index (χ4v) is 2.40. The summed E-state index contributed by atoms with van der Waals surface area (Å²) in [7, 11) is 0. The molecule has 1 saturated heterocycles. The van der Waals surface area contributed by atoms with Crippen LogP contribution in [0, 0.1) is 5.82 Å². The molecule has 2 rings (SSSR count). The topological polar surface area (TPSA) is 69.6 Å². The van der Waals surface area contributed by atoms with Crippen LogP contribution >= 0.6 is 0 Å². The number of benzene rings is 1. The highest BCUT2D eigenvalue weighted by Gasteiger charge is 2.30. The summed E-state index contributed by atoms with van der Waals surface area (Å²) >= 11 is 0. The van der Waals surface area contributed by atoms with Gasteiger partial charge in [-0.3, -0.25) is 14.5 Å². The lowest BCUT2D eigenvalue weighted by Crippen LogP contribution is -2.56. The number of phenolic OH excluding ortho intramolecular Hbond substituents is 1. The third-order valence-electron chi connectivity index (χ3n) is 3.43. The minimum Gasteiger partial charge on any atom is -0.507 e. The maximum absolute atomic E-state index is 13.1. The zero-order chi connectivity index (χ0) is 14.7. The maximum atomic E-state index is 13.1. The van der Waals surface area contributed by atoms with Crippen molar-refractivity contribution in [1.82, 2.24) is 10.2 Å². The van der Waals surface area contributed by atoms with Crippen LogP contribution in [0.4, 0.5) is 4.39 Å². The average Bonchev–Trinajstić information content (AvgIpc) is 2.41. The Bertz CT molecular complexity index is 533. The number of nitrogens with one attached hydrogen (secondary N) is 1. The third-order valence-corrected chi connectivity index (χ3v) is 3.43. The molecule has 1 unspecified atom stereocenters. The Labute approximate surface area is 116 Å². The second-order valence-corrected chi connectivity index (χ2v) is 4.77. The maximum Gasteiger partial charge on any atom is 0.237 e. The van der Waals surface area contributed by atoms with Crippen LogP contribution in [0.1, 0.15) is 23.7 Å². The number of rotatable bonds is 4. The molecule has 0 aliphatic carbocycles. The summed E-state index contributed by atoms with van der Waals surface area (Å²) in [6, 6.07) is 2.91. The van der Waals surface area contributed by atoms with E-state index in [4.69, 9.17) is 0 Å². The van der Waals surface area contributed by atoms with Crippen LogP contribution in [0.3, 0.4) is 0 Å². The number of aromatic hydroxyl groups is 1. The lowest BCUT2D eigenvalue weighted by molar-refractivity contribution is -0.128. The highest BCUT2D eigenvalue weighted by Crippen LogP contribution is 2.19. The van der Waals surface area contributed by atoms with Gasteiger partial charge in [-0.05, 0) is 24.6 Å². The van der Waals surface area contributed by atoms with E-state index >= 15 is 0 Å². The highest BCUT2D eigenvalue weighted by atomic mass is 19.1. The Morgan fingerprint density at radius 1 is 1.55 bits per heavy atom. The van der Waals surface area contributed by atoms with Gasteiger partial charge >= 0.3 is 0 Å². The summed E-state index contributed by atoms with van der Waals surface area (Å²) in [5, 5.41) is 12.4. The molecule has 0 saturated carbocycles. The molecule has 0 aromatic heterocycles. The zero-order valence-electron chi connectivity index (χ0n) is 11.2. The fraction of sp³-hybridized carbons (Fsp3) is 0.429. The third kappa shape index (κ3) is 2.96. The van der Waals surface area contributed by atoms with E-state index in [1.807, 2.05) is 6.92 Å². The molecule has 1 heterocycles. The van der Waals surface area contributed by atoms with E-state index in [1.54, 1.807) is 4.90 Å². The molecule has 0 radical (unpaired) electrons. The Balaban J connectivity index is 2.14. The molecule has 1 aliphatic heterocycles. The largest absolute Gasteiger partial charge is 0.507 e. The molecule has 1 aliphatic rings. The van der Waals surface area contributed by atoms with Gasteiger partial charge in [-0.15, -0.1) is 0 Å². The van der Waals surface area contributed by atoms with Crippen LogP contribution in [0.5, 0.6) is 5.75 Å². The van der Waals surface area contributed by atoms with Crippen molar-refractivity contribution in [2.75, 3.05) is 19.6 Å². The van der Waals surface area contributed by atoms with Crippen LogP contribution in [0.25, 0.3) is 0 Å². The first-order valence-electron chi connectivity index (χ1n) is 6.56. The Morgan fingerprint density at radius 2 is 2.30 bits per heavy atom. The molecule has 1 atom stereocenters. The smallest absolute Gasteiger partial charge is 0.237 e. The van der Waals surface area contributed by atoms with Crippen LogP contribution in [-0.2, 0) is 4.79 Å². The predicted octanol–water partition coefficient (Wildman–Crippen LogP) is 0.924. The first kappa shape index (κ1) is 14.5. The summed E-state index contributed by atoms with van der Waals surface area (Å²) in [6.45, 7) is 2.90. The van der Waals surface area contributed by atoms with E-state index in [0.717, 1.165) is 18.2 Å². The second-order valence-electron chi connectivity index (χ2n) is 4.77. The van der Waals surface area contributed by atoms with Crippen molar-refractivity contribution in [2.45, 2.75) is 19.4 Å². The van der Waals surface area contributed by atoms with Gasteiger partial charge in [0, 0.05) is 13.1 Å². The minimum absolute atomic E-state index is 0.0110. The first-order valence-corrected chi connectivity index (χ1v) is 6.56. The highest BCUT2D eigenvalue weighted by molar-refractivity contribution is 6.00. The van der Waals surface area contributed by atoms with Gasteiger partial charge in [-0.1, -0.05) is 6.92 Å². The Kier molecular flexibility index (Phi) is 4.34. The van der Waals surface area contributed by atoms with Gasteiger partial charge in [-0.2, -0.15) is 0 Å². The van der Waals surface area contributed by atoms with Crippen LogP contribution in [0.15, 0.2) is 18.2 Å². The molecule has 0 bridgehead atoms. The van der Waals surface area contributed by atoms with Crippen LogP contribution < -0.4 is 5.32 Å². The van der Waals surface area contributed by atoms with Crippen LogP contribution in [-0.4, -0.2) is 47.4 Å². The molecular formula is C14H17FN2O3. The quantitative estimate of drug-likeness (QED) is 0.805. The Hall–Kier alpha value is -1.95. The SMILES string of the molecule is CCC1C(=O)NCCN1CC(=O)c1cc(F)ccc1O. The van der Waals surface area contributed by atoms with E-state index in [-0.39, 0.29) is 29.8 Å². The standard InChI is InChI=1S/C14H17FN2O3/c1-2-11-14(20)16-5-6-17(11)8-13(19)10-7-9(15)3-4-12(10)18/h3-4,7,11,18H,2,5-6,8H2,1H3,(H,16,20). The zero-order valence-corrected chi connectivity index (χ0v) is 11.2. The molecule has 1 fully saturated rings. The van der Waals surface area contributed by atoms with Crippen molar-refractivity contribution in [2.24, 2.45) is 0 Å². The number of hydrogen-bond donors (Lipinski definition) is 2. The predicted molar refractivity (Wildman–Crippen MR) is 71.1 cm³/mol. The normalized spacial score (nSPS) is 19.7. The molecule has 20 heavy (non-hydrogen) atoms. The van der Waals surface area contributed by atoms with E-state index < -0.39 is 11.6 Å². The summed E-state index contributed by atoms with van der Waals surface area (Å²) < 4.78 is 13.1. The van der Waals surface area contributed by atoms with Crippen molar-refractivity contribution in [3.63, 3.8) is 0 Å². The monoisotopic (exact) mass is 280 g/mol. The number of Topliss-reactive ketones (excluding diaryl/α,β-unsaturated/α-hetero) is 1. The number of phenols is 1. The van der Waals surface area contributed by atoms with Crippen molar-refractivity contribution in [3.05, 3.63) is 29.6 Å². The van der Waals surface area contributed by atoms with Gasteiger partial charge in [0.1, 0.15) is 11.6 Å². The summed E-state index contributed by atoms with van der Waals surface area (Å²) in [4.78, 5) is 25.6.